The van der Waals surface area contributed by atoms with Gasteiger partial charge in [-0.2, -0.15) is 4.37 Å². The molecule has 0 unspecified atom stereocenters. The molecule has 6 heteroatoms. The van der Waals surface area contributed by atoms with E-state index in [1.165, 1.54) is 11.5 Å². The number of halogens is 2. The third kappa shape index (κ3) is 3.15. The van der Waals surface area contributed by atoms with E-state index in [1.54, 1.807) is 0 Å². The number of ether oxygens (including phenoxy) is 1. The molecule has 0 fully saturated rings. The van der Waals surface area contributed by atoms with Crippen LogP contribution < -0.4 is 4.74 Å². The molecule has 0 atom stereocenters. The summed E-state index contributed by atoms with van der Waals surface area (Å²) < 4.78 is 9.89. The zero-order valence-electron chi connectivity index (χ0n) is 11.1. The number of hydrogen-bond donors (Lipinski definition) is 0. The maximum Gasteiger partial charge on any atom is 0.202 e. The first-order valence-electron chi connectivity index (χ1n) is 6.34. The number of hydrogen-bond acceptors (Lipinski definition) is 4. The maximum absolute atomic E-state index is 6.26. The van der Waals surface area contributed by atoms with Gasteiger partial charge in [0, 0.05) is 10.6 Å². The Kier molecular flexibility index (Phi) is 4.74. The van der Waals surface area contributed by atoms with Crippen LogP contribution in [0.25, 0.3) is 10.4 Å². The average molecular weight is 366 g/mol. The Hall–Kier alpha value is -1.46. The van der Waals surface area contributed by atoms with Crippen molar-refractivity contribution in [2.75, 3.05) is 0 Å². The lowest BCUT2D eigenvalue weighted by Gasteiger charge is -2.08. The molecule has 0 radical (unpaired) electrons. The molecule has 1 heterocycles. The molecule has 0 aliphatic rings. The van der Waals surface area contributed by atoms with E-state index >= 15 is 0 Å². The summed E-state index contributed by atoms with van der Waals surface area (Å²) in [5, 5.41) is 1.22. The van der Waals surface area contributed by atoms with Crippen molar-refractivity contribution in [2.24, 2.45) is 0 Å². The van der Waals surface area contributed by atoms with Gasteiger partial charge in [0.05, 0.1) is 10.4 Å². The molecule has 0 bridgehead atoms. The molecule has 0 amide bonds. The van der Waals surface area contributed by atoms with Gasteiger partial charge < -0.3 is 4.74 Å². The SMILES string of the molecule is S=C(Oc1ccccc1)c1c(Cl)nsc1-c1ccccc1Cl. The highest BCUT2D eigenvalue weighted by molar-refractivity contribution is 7.80. The molecular weight excluding hydrogens is 357 g/mol. The first-order valence-corrected chi connectivity index (χ1v) is 8.28. The summed E-state index contributed by atoms with van der Waals surface area (Å²) in [5.74, 6) is 0.653. The summed E-state index contributed by atoms with van der Waals surface area (Å²) in [6.07, 6.45) is 0. The third-order valence-corrected chi connectivity index (χ3v) is 4.80. The lowest BCUT2D eigenvalue weighted by Crippen LogP contribution is -2.07. The van der Waals surface area contributed by atoms with Crippen molar-refractivity contribution >= 4 is 52.0 Å². The van der Waals surface area contributed by atoms with Crippen molar-refractivity contribution in [3.05, 3.63) is 70.3 Å². The summed E-state index contributed by atoms with van der Waals surface area (Å²) in [4.78, 5) is 0.802. The van der Waals surface area contributed by atoms with Crippen molar-refractivity contribution in [1.82, 2.24) is 4.37 Å². The van der Waals surface area contributed by atoms with E-state index in [1.807, 2.05) is 54.6 Å². The van der Waals surface area contributed by atoms with Crippen LogP contribution in [-0.2, 0) is 0 Å². The second-order valence-corrected chi connectivity index (χ2v) is 6.27. The van der Waals surface area contributed by atoms with E-state index in [2.05, 4.69) is 4.37 Å². The molecule has 0 aliphatic heterocycles. The van der Waals surface area contributed by atoms with Gasteiger partial charge in [0.25, 0.3) is 0 Å². The second kappa shape index (κ2) is 6.75. The molecule has 0 N–H and O–H groups in total. The highest BCUT2D eigenvalue weighted by atomic mass is 35.5. The minimum absolute atomic E-state index is 0.278. The second-order valence-electron chi connectivity index (χ2n) is 4.36. The van der Waals surface area contributed by atoms with Crippen molar-refractivity contribution in [3.63, 3.8) is 0 Å². The van der Waals surface area contributed by atoms with Crippen LogP contribution in [0.4, 0.5) is 0 Å². The number of thiocarbonyl (C=S) groups is 1. The first-order chi connectivity index (χ1) is 10.7. The molecular formula is C16H9Cl2NOS2. The molecule has 3 rings (SSSR count). The predicted octanol–water partition coefficient (Wildman–Crippen LogP) is 5.87. The Morgan fingerprint density at radius 1 is 1.00 bits per heavy atom. The van der Waals surface area contributed by atoms with Crippen LogP contribution in [0.5, 0.6) is 5.75 Å². The van der Waals surface area contributed by atoms with Crippen molar-refractivity contribution < 1.29 is 4.74 Å². The summed E-state index contributed by atoms with van der Waals surface area (Å²) in [6.45, 7) is 0. The number of nitrogens with zero attached hydrogens (tertiary/aromatic N) is 1. The Bertz CT molecular complexity index is 818. The van der Waals surface area contributed by atoms with Gasteiger partial charge in [0.1, 0.15) is 5.75 Å². The fraction of sp³-hybridized carbons (Fsp3) is 0. The fourth-order valence-electron chi connectivity index (χ4n) is 1.92. The van der Waals surface area contributed by atoms with E-state index in [4.69, 9.17) is 40.2 Å². The maximum atomic E-state index is 6.26. The summed E-state index contributed by atoms with van der Waals surface area (Å²) in [7, 11) is 0. The summed E-state index contributed by atoms with van der Waals surface area (Å²) in [5.41, 5.74) is 1.43. The van der Waals surface area contributed by atoms with Gasteiger partial charge in [-0.1, -0.05) is 59.6 Å². The number of aromatic nitrogens is 1. The molecule has 0 saturated carbocycles. The van der Waals surface area contributed by atoms with Gasteiger partial charge in [0.2, 0.25) is 5.05 Å². The lowest BCUT2D eigenvalue weighted by molar-refractivity contribution is 0.567. The molecule has 110 valence electrons. The molecule has 1 aromatic heterocycles. The van der Waals surface area contributed by atoms with E-state index in [-0.39, 0.29) is 5.05 Å². The summed E-state index contributed by atoms with van der Waals surface area (Å²) >= 11 is 19.1. The van der Waals surface area contributed by atoms with Gasteiger partial charge in [-0.3, -0.25) is 0 Å². The molecule has 0 saturated heterocycles. The van der Waals surface area contributed by atoms with Crippen LogP contribution in [0.15, 0.2) is 54.6 Å². The van der Waals surface area contributed by atoms with E-state index in [0.29, 0.717) is 21.5 Å². The highest BCUT2D eigenvalue weighted by Crippen LogP contribution is 2.37. The first kappa shape index (κ1) is 15.4. The molecule has 0 aliphatic carbocycles. The Morgan fingerprint density at radius 3 is 2.41 bits per heavy atom. The normalized spacial score (nSPS) is 10.5. The van der Waals surface area contributed by atoms with Crippen LogP contribution >= 0.6 is 47.0 Å². The van der Waals surface area contributed by atoms with Crippen LogP contribution in [0, 0.1) is 0 Å². The fourth-order valence-corrected chi connectivity index (χ4v) is 3.78. The zero-order valence-corrected chi connectivity index (χ0v) is 14.3. The third-order valence-electron chi connectivity index (χ3n) is 2.93. The van der Waals surface area contributed by atoms with E-state index < -0.39 is 0 Å². The van der Waals surface area contributed by atoms with Crippen LogP contribution in [0.1, 0.15) is 5.56 Å². The summed E-state index contributed by atoms with van der Waals surface area (Å²) in [6, 6.07) is 16.8. The molecule has 22 heavy (non-hydrogen) atoms. The van der Waals surface area contributed by atoms with Crippen molar-refractivity contribution in [3.8, 4) is 16.2 Å². The quantitative estimate of drug-likeness (QED) is 0.541. The van der Waals surface area contributed by atoms with Crippen LogP contribution in [0.3, 0.4) is 0 Å². The Labute approximate surface area is 147 Å². The van der Waals surface area contributed by atoms with Gasteiger partial charge in [-0.25, -0.2) is 0 Å². The lowest BCUT2D eigenvalue weighted by atomic mass is 10.1. The molecule has 2 aromatic carbocycles. The number of rotatable bonds is 3. The monoisotopic (exact) mass is 365 g/mol. The smallest absolute Gasteiger partial charge is 0.202 e. The molecule has 3 aromatic rings. The average Bonchev–Trinajstić information content (AvgIpc) is 2.90. The van der Waals surface area contributed by atoms with Gasteiger partial charge in [-0.05, 0) is 41.9 Å². The van der Waals surface area contributed by atoms with Gasteiger partial charge in [0.15, 0.2) is 5.15 Å². The van der Waals surface area contributed by atoms with E-state index in [9.17, 15) is 0 Å². The van der Waals surface area contributed by atoms with E-state index in [0.717, 1.165) is 10.4 Å². The van der Waals surface area contributed by atoms with Gasteiger partial charge in [-0.15, -0.1) is 0 Å². The number of para-hydroxylation sites is 1. The Morgan fingerprint density at radius 2 is 1.68 bits per heavy atom. The molecule has 2 nitrogen and oxygen atoms in total. The number of benzene rings is 2. The highest BCUT2D eigenvalue weighted by Gasteiger charge is 2.21. The van der Waals surface area contributed by atoms with Gasteiger partial charge >= 0.3 is 0 Å². The Balaban J connectivity index is 1.99. The predicted molar refractivity (Wildman–Crippen MR) is 96.3 cm³/mol. The standard InChI is InChI=1S/C16H9Cl2NOS2/c17-12-9-5-4-8-11(12)14-13(15(18)19-22-14)16(21)20-10-6-2-1-3-7-10/h1-9H. The topological polar surface area (TPSA) is 22.1 Å². The van der Waals surface area contributed by atoms with Crippen LogP contribution in [-0.4, -0.2) is 9.42 Å². The minimum atomic E-state index is 0.278. The van der Waals surface area contributed by atoms with Crippen molar-refractivity contribution in [2.45, 2.75) is 0 Å². The zero-order chi connectivity index (χ0) is 15.5. The van der Waals surface area contributed by atoms with Crippen molar-refractivity contribution in [1.29, 1.82) is 0 Å². The molecule has 0 spiro atoms. The van der Waals surface area contributed by atoms with Crippen LogP contribution in [0.2, 0.25) is 10.2 Å². The minimum Gasteiger partial charge on any atom is -0.445 e. The largest absolute Gasteiger partial charge is 0.445 e.